The molecule has 0 aliphatic carbocycles. The third kappa shape index (κ3) is 4.66. The SMILES string of the molecule is CCCC(C)OC(CNC)c1ccccc1Cl. The minimum absolute atomic E-state index is 0.0234. The standard InChI is InChI=1S/C14H22ClNO/c1-4-7-11(2)17-14(10-16-3)12-8-5-6-9-13(12)15/h5-6,8-9,11,14,16H,4,7,10H2,1-3H3. The molecule has 0 aliphatic rings. The smallest absolute Gasteiger partial charge is 0.0967 e. The molecule has 0 bridgehead atoms. The summed E-state index contributed by atoms with van der Waals surface area (Å²) in [6, 6.07) is 7.88. The van der Waals surface area contributed by atoms with Crippen LogP contribution >= 0.6 is 11.6 Å². The van der Waals surface area contributed by atoms with Gasteiger partial charge in [-0.3, -0.25) is 0 Å². The molecule has 0 saturated carbocycles. The zero-order valence-electron chi connectivity index (χ0n) is 10.9. The molecule has 2 atom stereocenters. The minimum Gasteiger partial charge on any atom is -0.369 e. The number of halogens is 1. The second-order valence-corrected chi connectivity index (χ2v) is 4.71. The van der Waals surface area contributed by atoms with Gasteiger partial charge in [-0.2, -0.15) is 0 Å². The van der Waals surface area contributed by atoms with Crippen LogP contribution in [0, 0.1) is 0 Å². The summed E-state index contributed by atoms with van der Waals surface area (Å²) in [4.78, 5) is 0. The Kier molecular flexibility index (Phi) is 6.56. The van der Waals surface area contributed by atoms with E-state index in [2.05, 4.69) is 19.2 Å². The quantitative estimate of drug-likeness (QED) is 0.800. The Bertz CT molecular complexity index is 330. The van der Waals surface area contributed by atoms with Crippen LogP contribution in [0.25, 0.3) is 0 Å². The lowest BCUT2D eigenvalue weighted by Crippen LogP contribution is -2.23. The van der Waals surface area contributed by atoms with Crippen LogP contribution in [0.1, 0.15) is 38.4 Å². The summed E-state index contributed by atoms with van der Waals surface area (Å²) in [6.07, 6.45) is 2.49. The number of benzene rings is 1. The fraction of sp³-hybridized carbons (Fsp3) is 0.571. The van der Waals surface area contributed by atoms with Crippen LogP contribution in [0.4, 0.5) is 0 Å². The third-order valence-corrected chi connectivity index (χ3v) is 3.08. The van der Waals surface area contributed by atoms with E-state index in [9.17, 15) is 0 Å². The highest BCUT2D eigenvalue weighted by Gasteiger charge is 2.16. The van der Waals surface area contributed by atoms with E-state index in [4.69, 9.17) is 16.3 Å². The van der Waals surface area contributed by atoms with Crippen molar-refractivity contribution in [3.63, 3.8) is 0 Å². The maximum atomic E-state index is 6.21. The second kappa shape index (κ2) is 7.70. The summed E-state index contributed by atoms with van der Waals surface area (Å²) in [5.74, 6) is 0. The van der Waals surface area contributed by atoms with Crippen LogP contribution in [0.15, 0.2) is 24.3 Å². The van der Waals surface area contributed by atoms with Crippen molar-refractivity contribution in [2.45, 2.75) is 38.9 Å². The van der Waals surface area contributed by atoms with Crippen molar-refractivity contribution in [1.29, 1.82) is 0 Å². The fourth-order valence-electron chi connectivity index (χ4n) is 1.91. The van der Waals surface area contributed by atoms with Gasteiger partial charge >= 0.3 is 0 Å². The highest BCUT2D eigenvalue weighted by molar-refractivity contribution is 6.31. The lowest BCUT2D eigenvalue weighted by Gasteiger charge is -2.23. The molecule has 2 nitrogen and oxygen atoms in total. The maximum Gasteiger partial charge on any atom is 0.0967 e. The first kappa shape index (κ1) is 14.5. The normalized spacial score (nSPS) is 14.6. The molecule has 0 heterocycles. The van der Waals surface area contributed by atoms with E-state index in [1.54, 1.807) is 0 Å². The number of hydrogen-bond acceptors (Lipinski definition) is 2. The molecule has 2 unspecified atom stereocenters. The highest BCUT2D eigenvalue weighted by atomic mass is 35.5. The van der Waals surface area contributed by atoms with E-state index in [1.807, 2.05) is 31.3 Å². The Morgan fingerprint density at radius 3 is 2.65 bits per heavy atom. The molecule has 0 fully saturated rings. The largest absolute Gasteiger partial charge is 0.369 e. The lowest BCUT2D eigenvalue weighted by atomic mass is 10.1. The minimum atomic E-state index is 0.0234. The number of likely N-dealkylation sites (N-methyl/N-ethyl adjacent to an activating group) is 1. The van der Waals surface area contributed by atoms with Crippen molar-refractivity contribution in [3.05, 3.63) is 34.9 Å². The van der Waals surface area contributed by atoms with Gasteiger partial charge in [-0.05, 0) is 26.5 Å². The van der Waals surface area contributed by atoms with E-state index in [-0.39, 0.29) is 12.2 Å². The molecule has 1 rings (SSSR count). The molecule has 0 aromatic heterocycles. The van der Waals surface area contributed by atoms with Gasteiger partial charge in [0.25, 0.3) is 0 Å². The molecule has 3 heteroatoms. The zero-order valence-corrected chi connectivity index (χ0v) is 11.6. The number of rotatable bonds is 7. The van der Waals surface area contributed by atoms with Gasteiger partial charge in [0, 0.05) is 17.1 Å². The van der Waals surface area contributed by atoms with Gasteiger partial charge < -0.3 is 10.1 Å². The van der Waals surface area contributed by atoms with Crippen molar-refractivity contribution in [2.75, 3.05) is 13.6 Å². The molecule has 1 aromatic carbocycles. The van der Waals surface area contributed by atoms with Gasteiger partial charge in [-0.15, -0.1) is 0 Å². The maximum absolute atomic E-state index is 6.21. The van der Waals surface area contributed by atoms with Gasteiger partial charge in [0.1, 0.15) is 0 Å². The molecule has 0 saturated heterocycles. The summed E-state index contributed by atoms with van der Waals surface area (Å²) in [5, 5.41) is 3.93. The average Bonchev–Trinajstić information content (AvgIpc) is 2.29. The Morgan fingerprint density at radius 1 is 1.35 bits per heavy atom. The van der Waals surface area contributed by atoms with Crippen LogP contribution in [-0.4, -0.2) is 19.7 Å². The lowest BCUT2D eigenvalue weighted by molar-refractivity contribution is -0.00625. The van der Waals surface area contributed by atoms with Crippen LogP contribution in [-0.2, 0) is 4.74 Å². The van der Waals surface area contributed by atoms with Gasteiger partial charge in [-0.25, -0.2) is 0 Å². The van der Waals surface area contributed by atoms with Crippen molar-refractivity contribution in [1.82, 2.24) is 5.32 Å². The Morgan fingerprint density at radius 2 is 2.06 bits per heavy atom. The van der Waals surface area contributed by atoms with Gasteiger partial charge in [-0.1, -0.05) is 43.1 Å². The van der Waals surface area contributed by atoms with E-state index in [1.165, 1.54) is 0 Å². The molecule has 96 valence electrons. The van der Waals surface area contributed by atoms with Crippen molar-refractivity contribution in [2.24, 2.45) is 0 Å². The van der Waals surface area contributed by atoms with Crippen LogP contribution in [0.2, 0.25) is 5.02 Å². The predicted octanol–water partition coefficient (Wildman–Crippen LogP) is 3.81. The fourth-order valence-corrected chi connectivity index (χ4v) is 2.17. The number of hydrogen-bond donors (Lipinski definition) is 1. The first-order chi connectivity index (χ1) is 8.19. The topological polar surface area (TPSA) is 21.3 Å². The molecule has 17 heavy (non-hydrogen) atoms. The summed E-state index contributed by atoms with van der Waals surface area (Å²) >= 11 is 6.21. The Balaban J connectivity index is 2.75. The summed E-state index contributed by atoms with van der Waals surface area (Å²) < 4.78 is 6.05. The Labute approximate surface area is 109 Å². The molecular weight excluding hydrogens is 234 g/mol. The van der Waals surface area contributed by atoms with Crippen molar-refractivity contribution >= 4 is 11.6 Å². The summed E-state index contributed by atoms with van der Waals surface area (Å²) in [7, 11) is 1.93. The third-order valence-electron chi connectivity index (χ3n) is 2.73. The molecule has 0 radical (unpaired) electrons. The monoisotopic (exact) mass is 255 g/mol. The first-order valence-corrected chi connectivity index (χ1v) is 6.61. The van der Waals surface area contributed by atoms with Gasteiger partial charge in [0.15, 0.2) is 0 Å². The molecular formula is C14H22ClNO. The highest BCUT2D eigenvalue weighted by Crippen LogP contribution is 2.26. The average molecular weight is 256 g/mol. The van der Waals surface area contributed by atoms with Crippen LogP contribution in [0.3, 0.4) is 0 Å². The predicted molar refractivity (Wildman–Crippen MR) is 73.6 cm³/mol. The van der Waals surface area contributed by atoms with Crippen molar-refractivity contribution < 1.29 is 4.74 Å². The van der Waals surface area contributed by atoms with E-state index < -0.39 is 0 Å². The first-order valence-electron chi connectivity index (χ1n) is 6.23. The van der Waals surface area contributed by atoms with Gasteiger partial charge in [0.2, 0.25) is 0 Å². The summed E-state index contributed by atoms with van der Waals surface area (Å²) in [5.41, 5.74) is 1.06. The van der Waals surface area contributed by atoms with Gasteiger partial charge in [0.05, 0.1) is 12.2 Å². The Hall–Kier alpha value is -0.570. The molecule has 0 amide bonds. The number of ether oxygens (including phenoxy) is 1. The van der Waals surface area contributed by atoms with E-state index in [0.717, 1.165) is 30.0 Å². The molecule has 1 aromatic rings. The molecule has 0 aliphatic heterocycles. The number of nitrogens with one attached hydrogen (secondary N) is 1. The van der Waals surface area contributed by atoms with E-state index >= 15 is 0 Å². The molecule has 0 spiro atoms. The van der Waals surface area contributed by atoms with Crippen molar-refractivity contribution in [3.8, 4) is 0 Å². The zero-order chi connectivity index (χ0) is 12.7. The van der Waals surface area contributed by atoms with Crippen LogP contribution < -0.4 is 5.32 Å². The molecule has 1 N–H and O–H groups in total. The van der Waals surface area contributed by atoms with E-state index in [0.29, 0.717) is 0 Å². The summed E-state index contributed by atoms with van der Waals surface area (Å²) in [6.45, 7) is 5.06. The van der Waals surface area contributed by atoms with Crippen LogP contribution in [0.5, 0.6) is 0 Å². The second-order valence-electron chi connectivity index (χ2n) is 4.30.